The van der Waals surface area contributed by atoms with E-state index in [4.69, 9.17) is 17.3 Å². The molecule has 0 spiro atoms. The molecule has 3 rings (SSSR count). The monoisotopic (exact) mass is 403 g/mol. The summed E-state index contributed by atoms with van der Waals surface area (Å²) in [5.74, 6) is -1.61. The highest BCUT2D eigenvalue weighted by molar-refractivity contribution is 7.12. The Balaban J connectivity index is 1.83. The minimum Gasteiger partial charge on any atom is -0.364 e. The summed E-state index contributed by atoms with van der Waals surface area (Å²) in [6.45, 7) is 1.64. The van der Waals surface area contributed by atoms with Gasteiger partial charge in [-0.2, -0.15) is 5.10 Å². The molecule has 2 aromatic heterocycles. The second-order valence-corrected chi connectivity index (χ2v) is 6.87. The van der Waals surface area contributed by atoms with Crippen molar-refractivity contribution in [3.8, 4) is 0 Å². The van der Waals surface area contributed by atoms with Crippen LogP contribution in [0.2, 0.25) is 5.02 Å². The summed E-state index contributed by atoms with van der Waals surface area (Å²) < 4.78 is 0. The Kier molecular flexibility index (Phi) is 5.24. The topological polar surface area (TPSA) is 130 Å². The molecule has 3 amide bonds. The number of nitrogens with two attached hydrogens (primary N) is 1. The van der Waals surface area contributed by atoms with Gasteiger partial charge >= 0.3 is 0 Å². The van der Waals surface area contributed by atoms with Crippen molar-refractivity contribution in [2.45, 2.75) is 6.92 Å². The first-order valence-electron chi connectivity index (χ1n) is 7.67. The number of anilines is 2. The first-order valence-corrected chi connectivity index (χ1v) is 8.93. The molecule has 138 valence electrons. The molecule has 1 aromatic carbocycles. The number of hydrogen-bond donors (Lipinski definition) is 4. The van der Waals surface area contributed by atoms with Crippen molar-refractivity contribution in [3.63, 3.8) is 0 Å². The maximum absolute atomic E-state index is 12.6. The molecule has 5 N–H and O–H groups in total. The maximum Gasteiger partial charge on any atom is 0.271 e. The van der Waals surface area contributed by atoms with Gasteiger partial charge < -0.3 is 16.4 Å². The fourth-order valence-electron chi connectivity index (χ4n) is 2.30. The zero-order chi connectivity index (χ0) is 19.6. The van der Waals surface area contributed by atoms with E-state index in [0.717, 1.165) is 0 Å². The number of aromatic amines is 1. The second-order valence-electron chi connectivity index (χ2n) is 5.52. The molecular weight excluding hydrogens is 390 g/mol. The fourth-order valence-corrected chi connectivity index (χ4v) is 3.08. The SMILES string of the molecule is Cc1[nH]nc(C(N)=O)c1NC(=O)c1ccc(Cl)c(NC(=O)c2cccs2)c1. The normalized spacial score (nSPS) is 10.4. The Morgan fingerprint density at radius 2 is 1.96 bits per heavy atom. The molecule has 0 aliphatic heterocycles. The number of nitrogens with zero attached hydrogens (tertiary/aromatic N) is 1. The molecule has 0 radical (unpaired) electrons. The fraction of sp³-hybridized carbons (Fsp3) is 0.0588. The number of rotatable bonds is 5. The van der Waals surface area contributed by atoms with Crippen LogP contribution >= 0.6 is 22.9 Å². The molecule has 10 heteroatoms. The third-order valence-corrected chi connectivity index (χ3v) is 4.84. The van der Waals surface area contributed by atoms with Crippen molar-refractivity contribution >= 4 is 52.0 Å². The van der Waals surface area contributed by atoms with Gasteiger partial charge in [0.25, 0.3) is 17.7 Å². The van der Waals surface area contributed by atoms with E-state index in [1.54, 1.807) is 24.4 Å². The number of amides is 3. The van der Waals surface area contributed by atoms with Gasteiger partial charge in [-0.15, -0.1) is 11.3 Å². The number of aryl methyl sites for hydroxylation is 1. The van der Waals surface area contributed by atoms with Crippen LogP contribution in [0.1, 0.15) is 36.2 Å². The van der Waals surface area contributed by atoms with Crippen molar-refractivity contribution in [3.05, 3.63) is 62.6 Å². The van der Waals surface area contributed by atoms with E-state index >= 15 is 0 Å². The standard InChI is InChI=1S/C17H14ClN5O3S/c1-8-13(14(15(19)24)23-22-8)21-16(25)9-4-5-10(18)11(7-9)20-17(26)12-3-2-6-27-12/h2-7H,1H3,(H2,19,24)(H,20,26)(H,21,25)(H,22,23). The number of H-pyrrole nitrogens is 1. The van der Waals surface area contributed by atoms with Crippen LogP contribution in [0, 0.1) is 6.92 Å². The van der Waals surface area contributed by atoms with Gasteiger partial charge in [-0.05, 0) is 36.6 Å². The zero-order valence-corrected chi connectivity index (χ0v) is 15.6. The smallest absolute Gasteiger partial charge is 0.271 e. The van der Waals surface area contributed by atoms with Crippen LogP contribution in [0.5, 0.6) is 0 Å². The van der Waals surface area contributed by atoms with Gasteiger partial charge in [-0.1, -0.05) is 17.7 Å². The van der Waals surface area contributed by atoms with Gasteiger partial charge in [0.05, 0.1) is 27.0 Å². The van der Waals surface area contributed by atoms with E-state index < -0.39 is 11.8 Å². The Morgan fingerprint density at radius 1 is 1.19 bits per heavy atom. The molecule has 2 heterocycles. The summed E-state index contributed by atoms with van der Waals surface area (Å²) in [7, 11) is 0. The van der Waals surface area contributed by atoms with E-state index in [-0.39, 0.29) is 27.9 Å². The highest BCUT2D eigenvalue weighted by Crippen LogP contribution is 2.25. The quantitative estimate of drug-likeness (QED) is 0.521. The number of carbonyl (C=O) groups excluding carboxylic acids is 3. The van der Waals surface area contributed by atoms with Crippen LogP contribution in [-0.4, -0.2) is 27.9 Å². The number of carbonyl (C=O) groups is 3. The number of hydrogen-bond acceptors (Lipinski definition) is 5. The highest BCUT2D eigenvalue weighted by Gasteiger charge is 2.19. The third-order valence-electron chi connectivity index (χ3n) is 3.64. The molecule has 8 nitrogen and oxygen atoms in total. The highest BCUT2D eigenvalue weighted by atomic mass is 35.5. The summed E-state index contributed by atoms with van der Waals surface area (Å²) >= 11 is 7.41. The van der Waals surface area contributed by atoms with Crippen LogP contribution in [0.4, 0.5) is 11.4 Å². The molecule has 0 aliphatic carbocycles. The van der Waals surface area contributed by atoms with E-state index in [1.807, 2.05) is 0 Å². The summed E-state index contributed by atoms with van der Waals surface area (Å²) in [5, 5.41) is 13.7. The Morgan fingerprint density at radius 3 is 2.63 bits per heavy atom. The average molecular weight is 404 g/mol. The molecule has 0 saturated heterocycles. The largest absolute Gasteiger partial charge is 0.364 e. The summed E-state index contributed by atoms with van der Waals surface area (Å²) in [6.07, 6.45) is 0. The van der Waals surface area contributed by atoms with E-state index in [9.17, 15) is 14.4 Å². The van der Waals surface area contributed by atoms with Crippen molar-refractivity contribution in [2.75, 3.05) is 10.6 Å². The number of benzene rings is 1. The molecule has 0 aliphatic rings. The summed E-state index contributed by atoms with van der Waals surface area (Å²) in [6, 6.07) is 7.88. The Bertz CT molecular complexity index is 1030. The molecule has 0 atom stereocenters. The third kappa shape index (κ3) is 3.99. The predicted molar refractivity (Wildman–Crippen MR) is 104 cm³/mol. The van der Waals surface area contributed by atoms with Gasteiger partial charge in [-0.25, -0.2) is 0 Å². The van der Waals surface area contributed by atoms with Crippen LogP contribution in [0.15, 0.2) is 35.7 Å². The molecule has 3 aromatic rings. The Hall–Kier alpha value is -3.17. The van der Waals surface area contributed by atoms with Gasteiger partial charge in [0, 0.05) is 5.56 Å². The van der Waals surface area contributed by atoms with Crippen molar-refractivity contribution in [2.24, 2.45) is 5.73 Å². The lowest BCUT2D eigenvalue weighted by Gasteiger charge is -2.10. The molecule has 0 fully saturated rings. The molecule has 0 saturated carbocycles. The van der Waals surface area contributed by atoms with Gasteiger partial charge in [0.2, 0.25) is 0 Å². The zero-order valence-electron chi connectivity index (χ0n) is 14.0. The van der Waals surface area contributed by atoms with Crippen LogP contribution in [-0.2, 0) is 0 Å². The number of thiophene rings is 1. The summed E-state index contributed by atoms with van der Waals surface area (Å²) in [4.78, 5) is 36.7. The number of halogens is 1. The Labute approximate surface area is 162 Å². The molecule has 0 unspecified atom stereocenters. The molecule has 0 bridgehead atoms. The van der Waals surface area contributed by atoms with E-state index in [2.05, 4.69) is 20.8 Å². The summed E-state index contributed by atoms with van der Waals surface area (Å²) in [5.41, 5.74) is 6.39. The lowest BCUT2D eigenvalue weighted by Crippen LogP contribution is -2.18. The van der Waals surface area contributed by atoms with Crippen LogP contribution in [0.3, 0.4) is 0 Å². The predicted octanol–water partition coefficient (Wildman–Crippen LogP) is 3.04. The van der Waals surface area contributed by atoms with Gasteiger partial charge in [-0.3, -0.25) is 19.5 Å². The second kappa shape index (κ2) is 7.60. The number of aromatic nitrogens is 2. The van der Waals surface area contributed by atoms with E-state index in [1.165, 1.54) is 29.5 Å². The molecule has 27 heavy (non-hydrogen) atoms. The first-order chi connectivity index (χ1) is 12.9. The van der Waals surface area contributed by atoms with E-state index in [0.29, 0.717) is 16.3 Å². The van der Waals surface area contributed by atoms with Crippen LogP contribution in [0.25, 0.3) is 0 Å². The van der Waals surface area contributed by atoms with Crippen molar-refractivity contribution < 1.29 is 14.4 Å². The minimum atomic E-state index is -0.769. The van der Waals surface area contributed by atoms with Crippen LogP contribution < -0.4 is 16.4 Å². The average Bonchev–Trinajstić information content (AvgIpc) is 3.27. The minimum absolute atomic E-state index is 0.0685. The number of primary amides is 1. The van der Waals surface area contributed by atoms with Gasteiger partial charge in [0.15, 0.2) is 5.69 Å². The molecular formula is C17H14ClN5O3S. The van der Waals surface area contributed by atoms with Crippen molar-refractivity contribution in [1.29, 1.82) is 0 Å². The van der Waals surface area contributed by atoms with Crippen molar-refractivity contribution in [1.82, 2.24) is 10.2 Å². The number of nitrogens with one attached hydrogen (secondary N) is 3. The lowest BCUT2D eigenvalue weighted by atomic mass is 10.1. The maximum atomic E-state index is 12.6. The first kappa shape index (κ1) is 18.6. The lowest BCUT2D eigenvalue weighted by molar-refractivity contribution is 0.0994. The van der Waals surface area contributed by atoms with Gasteiger partial charge in [0.1, 0.15) is 0 Å².